The molecule has 0 aliphatic rings. The maximum atomic E-state index is 13.0. The van der Waals surface area contributed by atoms with E-state index in [-0.39, 0.29) is 5.56 Å². The van der Waals surface area contributed by atoms with E-state index < -0.39 is 0 Å². The van der Waals surface area contributed by atoms with Crippen molar-refractivity contribution in [3.05, 3.63) is 53.5 Å². The number of benzene rings is 1. The van der Waals surface area contributed by atoms with Crippen LogP contribution in [-0.2, 0) is 12.9 Å². The molecule has 0 saturated carbocycles. The first-order valence-electron chi connectivity index (χ1n) is 8.57. The fourth-order valence-corrected chi connectivity index (χ4v) is 5.77. The molecule has 27 heavy (non-hydrogen) atoms. The molecule has 3 aromatic heterocycles. The van der Waals surface area contributed by atoms with Gasteiger partial charge in [-0.2, -0.15) is 5.10 Å². The van der Waals surface area contributed by atoms with Gasteiger partial charge in [-0.25, -0.2) is 9.67 Å². The van der Waals surface area contributed by atoms with Crippen molar-refractivity contribution >= 4 is 73.6 Å². The van der Waals surface area contributed by atoms with E-state index in [9.17, 15) is 4.79 Å². The van der Waals surface area contributed by atoms with E-state index in [1.165, 1.54) is 16.0 Å². The Morgan fingerprint density at radius 1 is 1.15 bits per heavy atom. The molecule has 4 rings (SSSR count). The van der Waals surface area contributed by atoms with Gasteiger partial charge in [0, 0.05) is 5.39 Å². The van der Waals surface area contributed by atoms with E-state index >= 15 is 0 Å². The van der Waals surface area contributed by atoms with Crippen LogP contribution in [0.4, 0.5) is 0 Å². The van der Waals surface area contributed by atoms with Gasteiger partial charge >= 0.3 is 0 Å². The molecule has 0 aliphatic heterocycles. The van der Waals surface area contributed by atoms with Gasteiger partial charge in [-0.1, -0.05) is 42.9 Å². The zero-order valence-electron chi connectivity index (χ0n) is 15.0. The largest absolute Gasteiger partial charge is 0.277 e. The third-order valence-corrected chi connectivity index (χ3v) is 6.90. The van der Waals surface area contributed by atoms with E-state index in [0.717, 1.165) is 32.8 Å². The second-order valence-corrected chi connectivity index (χ2v) is 10.3. The Balaban J connectivity index is 1.86. The van der Waals surface area contributed by atoms with Gasteiger partial charge in [0.2, 0.25) is 0 Å². The maximum absolute atomic E-state index is 13.0. The Labute approximate surface area is 174 Å². The standard InChI is InChI=1S/C18H16BCl2N3OS2/c1-9-4-5-12-10(6-9)22-13(26-12)8-24-18(25)15-14(16(20)27-17(15)21)11(23-24)7-19(2)3/h4-6H,7-8H2,1-3H3. The molecule has 0 N–H and O–H groups in total. The smallest absolute Gasteiger partial charge is 0.267 e. The van der Waals surface area contributed by atoms with Crippen LogP contribution in [0.25, 0.3) is 21.0 Å². The van der Waals surface area contributed by atoms with Crippen LogP contribution in [0.15, 0.2) is 23.0 Å². The normalized spacial score (nSPS) is 11.6. The van der Waals surface area contributed by atoms with E-state index in [1.807, 2.05) is 6.92 Å². The fraction of sp³-hybridized carbons (Fsp3) is 0.278. The number of aryl methyl sites for hydroxylation is 1. The lowest BCUT2D eigenvalue weighted by atomic mass is 9.51. The van der Waals surface area contributed by atoms with Crippen molar-refractivity contribution in [2.24, 2.45) is 0 Å². The Kier molecular flexibility index (Phi) is 5.05. The van der Waals surface area contributed by atoms with Gasteiger partial charge in [-0.15, -0.1) is 22.7 Å². The molecule has 4 nitrogen and oxygen atoms in total. The van der Waals surface area contributed by atoms with Gasteiger partial charge in [-0.3, -0.25) is 4.79 Å². The topological polar surface area (TPSA) is 47.8 Å². The average Bonchev–Trinajstić information content (AvgIpc) is 3.11. The Bertz CT molecular complexity index is 1230. The predicted octanol–water partition coefficient (Wildman–Crippen LogP) is 5.57. The number of nitrogens with zero attached hydrogens (tertiary/aromatic N) is 3. The van der Waals surface area contributed by atoms with Gasteiger partial charge in [0.05, 0.1) is 27.8 Å². The lowest BCUT2D eigenvalue weighted by molar-refractivity contribution is 0.634. The summed E-state index contributed by atoms with van der Waals surface area (Å²) in [4.78, 5) is 17.7. The number of hydrogen-bond donors (Lipinski definition) is 0. The minimum absolute atomic E-state index is 0.221. The van der Waals surface area contributed by atoms with Crippen LogP contribution in [0.1, 0.15) is 16.3 Å². The lowest BCUT2D eigenvalue weighted by Crippen LogP contribution is -2.26. The SMILES string of the molecule is CB(C)Cc1nn(Cc2nc3cc(C)ccc3s2)c(=O)c2c(Cl)sc(Cl)c12. The molecule has 0 spiro atoms. The van der Waals surface area contributed by atoms with Crippen molar-refractivity contribution in [3.63, 3.8) is 0 Å². The number of thiazole rings is 1. The number of thiophene rings is 1. The first kappa shape index (κ1) is 18.9. The van der Waals surface area contributed by atoms with Crippen LogP contribution in [0.3, 0.4) is 0 Å². The van der Waals surface area contributed by atoms with Crippen molar-refractivity contribution < 1.29 is 0 Å². The monoisotopic (exact) mass is 435 g/mol. The highest BCUT2D eigenvalue weighted by atomic mass is 35.5. The van der Waals surface area contributed by atoms with Crippen LogP contribution in [-0.4, -0.2) is 21.5 Å². The van der Waals surface area contributed by atoms with Crippen molar-refractivity contribution in [2.75, 3.05) is 0 Å². The summed E-state index contributed by atoms with van der Waals surface area (Å²) in [5, 5.41) is 6.64. The van der Waals surface area contributed by atoms with Gasteiger partial charge in [0.15, 0.2) is 0 Å². The zero-order valence-corrected chi connectivity index (χ0v) is 18.2. The Morgan fingerprint density at radius 3 is 2.63 bits per heavy atom. The number of hydrogen-bond acceptors (Lipinski definition) is 5. The summed E-state index contributed by atoms with van der Waals surface area (Å²) in [6, 6.07) is 6.17. The van der Waals surface area contributed by atoms with Crippen LogP contribution in [0, 0.1) is 6.92 Å². The minimum atomic E-state index is -0.221. The zero-order chi connectivity index (χ0) is 19.3. The second kappa shape index (κ2) is 7.20. The molecule has 0 fully saturated rings. The molecule has 9 heteroatoms. The van der Waals surface area contributed by atoms with E-state index in [2.05, 4.69) is 41.9 Å². The molecule has 0 amide bonds. The van der Waals surface area contributed by atoms with E-state index in [0.29, 0.717) is 32.7 Å². The summed E-state index contributed by atoms with van der Waals surface area (Å²) in [6.07, 6.45) is 0.725. The van der Waals surface area contributed by atoms with Crippen molar-refractivity contribution in [2.45, 2.75) is 33.4 Å². The van der Waals surface area contributed by atoms with Crippen LogP contribution >= 0.6 is 45.9 Å². The summed E-state index contributed by atoms with van der Waals surface area (Å²) in [5.41, 5.74) is 2.70. The predicted molar refractivity (Wildman–Crippen MR) is 119 cm³/mol. The van der Waals surface area contributed by atoms with Crippen molar-refractivity contribution in [3.8, 4) is 0 Å². The molecule has 0 saturated heterocycles. The molecule has 0 bridgehead atoms. The molecule has 4 aromatic rings. The molecule has 138 valence electrons. The summed E-state index contributed by atoms with van der Waals surface area (Å²) in [5.74, 6) is 0. The van der Waals surface area contributed by atoms with Gasteiger partial charge in [0.1, 0.15) is 20.4 Å². The first-order chi connectivity index (χ1) is 12.8. The number of rotatable bonds is 4. The van der Waals surface area contributed by atoms with Crippen LogP contribution < -0.4 is 5.56 Å². The third kappa shape index (κ3) is 3.54. The molecule has 0 radical (unpaired) electrons. The van der Waals surface area contributed by atoms with E-state index in [4.69, 9.17) is 23.2 Å². The fourth-order valence-electron chi connectivity index (χ4n) is 3.11. The highest BCUT2D eigenvalue weighted by Crippen LogP contribution is 2.38. The third-order valence-electron chi connectivity index (χ3n) is 4.27. The second-order valence-electron chi connectivity index (χ2n) is 6.99. The molecule has 0 aliphatic carbocycles. The quantitative estimate of drug-likeness (QED) is 0.393. The minimum Gasteiger partial charge on any atom is -0.267 e. The van der Waals surface area contributed by atoms with Crippen LogP contribution in [0.2, 0.25) is 22.3 Å². The van der Waals surface area contributed by atoms with Crippen molar-refractivity contribution in [1.82, 2.24) is 14.8 Å². The van der Waals surface area contributed by atoms with Gasteiger partial charge in [-0.05, 0) is 30.9 Å². The first-order valence-corrected chi connectivity index (χ1v) is 11.0. The van der Waals surface area contributed by atoms with Crippen molar-refractivity contribution in [1.29, 1.82) is 0 Å². The molecule has 3 heterocycles. The summed E-state index contributed by atoms with van der Waals surface area (Å²) < 4.78 is 3.52. The molecular formula is C18H16BCl2N3OS2. The highest BCUT2D eigenvalue weighted by Gasteiger charge is 2.21. The molecule has 0 atom stereocenters. The van der Waals surface area contributed by atoms with Gasteiger partial charge in [0.25, 0.3) is 5.56 Å². The number of aromatic nitrogens is 3. The Hall–Kier alpha value is -1.41. The van der Waals surface area contributed by atoms with Gasteiger partial charge < -0.3 is 0 Å². The number of fused-ring (bicyclic) bond motifs is 2. The summed E-state index contributed by atoms with van der Waals surface area (Å²) in [7, 11) is 0. The van der Waals surface area contributed by atoms with Crippen LogP contribution in [0.5, 0.6) is 0 Å². The number of halogens is 2. The summed E-state index contributed by atoms with van der Waals surface area (Å²) in [6.45, 7) is 6.97. The van der Waals surface area contributed by atoms with E-state index in [1.54, 1.807) is 11.3 Å². The molecule has 0 unspecified atom stereocenters. The average molecular weight is 436 g/mol. The Morgan fingerprint density at radius 2 is 1.89 bits per heavy atom. The maximum Gasteiger partial charge on any atom is 0.277 e. The highest BCUT2D eigenvalue weighted by molar-refractivity contribution is 7.22. The summed E-state index contributed by atoms with van der Waals surface area (Å²) >= 11 is 15.5. The molecule has 1 aromatic carbocycles. The molecular weight excluding hydrogens is 420 g/mol. The lowest BCUT2D eigenvalue weighted by Gasteiger charge is -2.09.